The fourth-order valence-electron chi connectivity index (χ4n) is 0.993. The van der Waals surface area contributed by atoms with Gasteiger partial charge in [0.15, 0.2) is 0 Å². The highest BCUT2D eigenvalue weighted by molar-refractivity contribution is 6.18. The molecule has 1 aliphatic heterocycles. The standard InChI is InChI=1S/C6H11ClO3/c7-3-5-6(9)4(8)1-2-10-5/h4-6,8-9H,1-3H2/t4?,5?,6-/m0/s1. The minimum absolute atomic E-state index is 0.234. The molecule has 0 saturated carbocycles. The Hall–Kier alpha value is 0.170. The van der Waals surface area contributed by atoms with Crippen LogP contribution in [0, 0.1) is 0 Å². The molecule has 1 saturated heterocycles. The van der Waals surface area contributed by atoms with Gasteiger partial charge in [-0.2, -0.15) is 0 Å². The van der Waals surface area contributed by atoms with Crippen molar-refractivity contribution in [2.45, 2.75) is 24.7 Å². The molecule has 1 rings (SSSR count). The summed E-state index contributed by atoms with van der Waals surface area (Å²) in [7, 11) is 0. The van der Waals surface area contributed by atoms with Crippen molar-refractivity contribution in [3.05, 3.63) is 0 Å². The van der Waals surface area contributed by atoms with E-state index in [4.69, 9.17) is 21.4 Å². The summed E-state index contributed by atoms with van der Waals surface area (Å²) >= 11 is 5.44. The van der Waals surface area contributed by atoms with Gasteiger partial charge in [0, 0.05) is 6.61 Å². The lowest BCUT2D eigenvalue weighted by molar-refractivity contribution is -0.125. The van der Waals surface area contributed by atoms with Crippen molar-refractivity contribution >= 4 is 11.6 Å². The van der Waals surface area contributed by atoms with E-state index in [1.54, 1.807) is 0 Å². The lowest BCUT2D eigenvalue weighted by atomic mass is 10.0. The number of rotatable bonds is 1. The zero-order chi connectivity index (χ0) is 7.56. The van der Waals surface area contributed by atoms with E-state index in [0.717, 1.165) is 0 Å². The maximum atomic E-state index is 9.18. The summed E-state index contributed by atoms with van der Waals surface area (Å²) in [4.78, 5) is 0. The van der Waals surface area contributed by atoms with E-state index >= 15 is 0 Å². The fourth-order valence-corrected chi connectivity index (χ4v) is 1.26. The van der Waals surface area contributed by atoms with Crippen LogP contribution in [0.5, 0.6) is 0 Å². The van der Waals surface area contributed by atoms with Gasteiger partial charge in [-0.15, -0.1) is 11.6 Å². The maximum absolute atomic E-state index is 9.18. The molecule has 0 aromatic heterocycles. The molecule has 60 valence electrons. The fraction of sp³-hybridized carbons (Fsp3) is 1.00. The smallest absolute Gasteiger partial charge is 0.107 e. The van der Waals surface area contributed by atoms with Gasteiger partial charge in [-0.3, -0.25) is 0 Å². The van der Waals surface area contributed by atoms with E-state index in [1.165, 1.54) is 0 Å². The number of halogens is 1. The average Bonchev–Trinajstić information content (AvgIpc) is 1.95. The van der Waals surface area contributed by atoms with Gasteiger partial charge in [0.1, 0.15) is 6.10 Å². The van der Waals surface area contributed by atoms with Crippen molar-refractivity contribution in [3.63, 3.8) is 0 Å². The van der Waals surface area contributed by atoms with Gasteiger partial charge in [-0.1, -0.05) is 0 Å². The third-order valence-electron chi connectivity index (χ3n) is 1.67. The van der Waals surface area contributed by atoms with E-state index in [2.05, 4.69) is 0 Å². The highest BCUT2D eigenvalue weighted by atomic mass is 35.5. The van der Waals surface area contributed by atoms with Crippen molar-refractivity contribution < 1.29 is 14.9 Å². The highest BCUT2D eigenvalue weighted by Gasteiger charge is 2.30. The van der Waals surface area contributed by atoms with Gasteiger partial charge in [-0.05, 0) is 6.42 Å². The van der Waals surface area contributed by atoms with Crippen molar-refractivity contribution in [2.75, 3.05) is 12.5 Å². The van der Waals surface area contributed by atoms with Crippen LogP contribution in [0.2, 0.25) is 0 Å². The van der Waals surface area contributed by atoms with Crippen molar-refractivity contribution in [1.29, 1.82) is 0 Å². The van der Waals surface area contributed by atoms with Gasteiger partial charge in [0.25, 0.3) is 0 Å². The molecule has 1 aliphatic rings. The third kappa shape index (κ3) is 1.61. The highest BCUT2D eigenvalue weighted by Crippen LogP contribution is 2.15. The molecule has 1 fully saturated rings. The van der Waals surface area contributed by atoms with Crippen molar-refractivity contribution in [2.24, 2.45) is 0 Å². The maximum Gasteiger partial charge on any atom is 0.107 e. The van der Waals surface area contributed by atoms with Crippen LogP contribution in [-0.2, 0) is 4.74 Å². The second-order valence-corrected chi connectivity index (χ2v) is 2.72. The predicted molar refractivity (Wildman–Crippen MR) is 37.1 cm³/mol. The summed E-state index contributed by atoms with van der Waals surface area (Å²) in [5, 5.41) is 18.3. The minimum atomic E-state index is -0.814. The zero-order valence-electron chi connectivity index (χ0n) is 5.53. The first kappa shape index (κ1) is 8.27. The van der Waals surface area contributed by atoms with E-state index in [-0.39, 0.29) is 5.88 Å². The van der Waals surface area contributed by atoms with Gasteiger partial charge in [0.05, 0.1) is 18.1 Å². The Bertz CT molecular complexity index is 109. The molecule has 1 heterocycles. The van der Waals surface area contributed by atoms with E-state index in [0.29, 0.717) is 13.0 Å². The van der Waals surface area contributed by atoms with Crippen LogP contribution in [0.3, 0.4) is 0 Å². The molecule has 0 amide bonds. The molecule has 0 spiro atoms. The first-order valence-electron chi connectivity index (χ1n) is 3.29. The van der Waals surface area contributed by atoms with E-state index < -0.39 is 18.3 Å². The Morgan fingerprint density at radius 3 is 2.70 bits per heavy atom. The summed E-state index contributed by atoms with van der Waals surface area (Å²) in [6.45, 7) is 0.482. The molecule has 3 atom stereocenters. The number of aliphatic hydroxyl groups excluding tert-OH is 2. The molecule has 10 heavy (non-hydrogen) atoms. The molecule has 2 unspecified atom stereocenters. The van der Waals surface area contributed by atoms with Crippen molar-refractivity contribution in [1.82, 2.24) is 0 Å². The van der Waals surface area contributed by atoms with Gasteiger partial charge in [-0.25, -0.2) is 0 Å². The quantitative estimate of drug-likeness (QED) is 0.528. The SMILES string of the molecule is OC1CCOC(CCl)[C@H]1O. The van der Waals surface area contributed by atoms with Crippen LogP contribution >= 0.6 is 11.6 Å². The summed E-state index contributed by atoms with van der Waals surface area (Å²) in [5.74, 6) is 0.234. The van der Waals surface area contributed by atoms with Crippen molar-refractivity contribution in [3.8, 4) is 0 Å². The van der Waals surface area contributed by atoms with Crippen LogP contribution in [-0.4, -0.2) is 41.0 Å². The van der Waals surface area contributed by atoms with Crippen LogP contribution < -0.4 is 0 Å². The molecule has 0 aromatic rings. The average molecular weight is 167 g/mol. The Morgan fingerprint density at radius 2 is 2.20 bits per heavy atom. The number of alkyl halides is 1. The number of hydrogen-bond acceptors (Lipinski definition) is 3. The summed E-state index contributed by atoms with van der Waals surface area (Å²) in [5.41, 5.74) is 0. The number of aliphatic hydroxyl groups is 2. The Morgan fingerprint density at radius 1 is 1.50 bits per heavy atom. The minimum Gasteiger partial charge on any atom is -0.390 e. The predicted octanol–water partition coefficient (Wildman–Crippen LogP) is -0.264. The van der Waals surface area contributed by atoms with Gasteiger partial charge in [0.2, 0.25) is 0 Å². The first-order valence-corrected chi connectivity index (χ1v) is 3.83. The normalized spacial score (nSPS) is 41.7. The van der Waals surface area contributed by atoms with Crippen LogP contribution in [0.25, 0.3) is 0 Å². The van der Waals surface area contributed by atoms with E-state index in [1.807, 2.05) is 0 Å². The largest absolute Gasteiger partial charge is 0.390 e. The molecule has 0 aliphatic carbocycles. The summed E-state index contributed by atoms with van der Waals surface area (Å²) < 4.78 is 5.07. The monoisotopic (exact) mass is 166 g/mol. The molecular formula is C6H11ClO3. The van der Waals surface area contributed by atoms with Crippen LogP contribution in [0.1, 0.15) is 6.42 Å². The Kier molecular flexibility index (Phi) is 2.92. The molecule has 0 radical (unpaired) electrons. The van der Waals surface area contributed by atoms with Gasteiger partial charge >= 0.3 is 0 Å². The second kappa shape index (κ2) is 3.53. The lowest BCUT2D eigenvalue weighted by Crippen LogP contribution is -2.45. The number of hydrogen-bond donors (Lipinski definition) is 2. The molecule has 4 heteroatoms. The second-order valence-electron chi connectivity index (χ2n) is 2.41. The van der Waals surface area contributed by atoms with Gasteiger partial charge < -0.3 is 14.9 Å². The molecule has 3 nitrogen and oxygen atoms in total. The summed E-state index contributed by atoms with van der Waals surface area (Å²) in [6, 6.07) is 0. The zero-order valence-corrected chi connectivity index (χ0v) is 6.29. The number of ether oxygens (including phenoxy) is 1. The Balaban J connectivity index is 2.42. The molecule has 2 N–H and O–H groups in total. The first-order chi connectivity index (χ1) is 4.75. The Labute approximate surface area is 64.6 Å². The lowest BCUT2D eigenvalue weighted by Gasteiger charge is -2.30. The third-order valence-corrected chi connectivity index (χ3v) is 1.98. The van der Waals surface area contributed by atoms with E-state index in [9.17, 15) is 5.11 Å². The van der Waals surface area contributed by atoms with Crippen LogP contribution in [0.15, 0.2) is 0 Å². The summed E-state index contributed by atoms with van der Waals surface area (Å²) in [6.07, 6.45) is -1.39. The topological polar surface area (TPSA) is 49.7 Å². The molecule has 0 bridgehead atoms. The molecular weight excluding hydrogens is 156 g/mol. The molecule has 0 aromatic carbocycles. The van der Waals surface area contributed by atoms with Crippen LogP contribution in [0.4, 0.5) is 0 Å².